The molecule has 0 fully saturated rings. The molecule has 0 radical (unpaired) electrons. The second kappa shape index (κ2) is 7.24. The van der Waals surface area contributed by atoms with Gasteiger partial charge in [0.1, 0.15) is 0 Å². The van der Waals surface area contributed by atoms with E-state index in [0.717, 1.165) is 30.5 Å². The van der Waals surface area contributed by atoms with Gasteiger partial charge in [0.25, 0.3) is 0 Å². The predicted octanol–water partition coefficient (Wildman–Crippen LogP) is 3.16. The van der Waals surface area contributed by atoms with Crippen LogP contribution in [-0.2, 0) is 4.74 Å². The van der Waals surface area contributed by atoms with Crippen molar-refractivity contribution >= 4 is 23.3 Å². The van der Waals surface area contributed by atoms with Gasteiger partial charge in [-0.15, -0.1) is 0 Å². The molecule has 0 aromatic carbocycles. The average Bonchev–Trinajstić information content (AvgIpc) is 2.47. The summed E-state index contributed by atoms with van der Waals surface area (Å²) < 4.78 is 5.19. The third-order valence-electron chi connectivity index (χ3n) is 3.15. The Balaban J connectivity index is 1.91. The molecule has 5 nitrogen and oxygen atoms in total. The van der Waals surface area contributed by atoms with Gasteiger partial charge >= 0.3 is 6.09 Å². The first-order valence-electron chi connectivity index (χ1n) is 6.80. The van der Waals surface area contributed by atoms with Gasteiger partial charge in [0.05, 0.1) is 12.3 Å². The molecule has 1 aromatic heterocycles. The molecule has 1 aliphatic heterocycles. The number of unbranched alkanes of at least 4 members (excludes halogenated alkanes) is 1. The number of amides is 1. The summed E-state index contributed by atoms with van der Waals surface area (Å²) in [6, 6.07) is 1.83. The minimum absolute atomic E-state index is 0.241. The summed E-state index contributed by atoms with van der Waals surface area (Å²) >= 11 is 5.78. The van der Waals surface area contributed by atoms with E-state index < -0.39 is 0 Å². The van der Waals surface area contributed by atoms with Gasteiger partial charge in [-0.1, -0.05) is 19.4 Å². The van der Waals surface area contributed by atoms with E-state index in [1.54, 1.807) is 11.1 Å². The Morgan fingerprint density at radius 3 is 3.05 bits per heavy atom. The highest BCUT2D eigenvalue weighted by atomic mass is 35.5. The zero-order valence-electron chi connectivity index (χ0n) is 11.5. The van der Waals surface area contributed by atoms with Crippen LogP contribution in [0.3, 0.4) is 0 Å². The molecule has 0 atom stereocenters. The fraction of sp³-hybridized carbons (Fsp3) is 0.500. The number of hydrogen-bond acceptors (Lipinski definition) is 4. The van der Waals surface area contributed by atoms with Crippen LogP contribution in [0.5, 0.6) is 0 Å². The molecule has 0 bridgehead atoms. The summed E-state index contributed by atoms with van der Waals surface area (Å²) in [6.07, 6.45) is 6.05. The lowest BCUT2D eigenvalue weighted by Gasteiger charge is -2.25. The summed E-state index contributed by atoms with van der Waals surface area (Å²) in [6.45, 7) is 3.74. The summed E-state index contributed by atoms with van der Waals surface area (Å²) in [5.74, 6) is 0. The molecule has 108 valence electrons. The molecule has 0 aliphatic carbocycles. The van der Waals surface area contributed by atoms with E-state index in [2.05, 4.69) is 16.9 Å². The van der Waals surface area contributed by atoms with Gasteiger partial charge in [-0.25, -0.2) is 14.8 Å². The van der Waals surface area contributed by atoms with Crippen molar-refractivity contribution in [2.45, 2.75) is 26.2 Å². The number of nitrogens with zero attached hydrogens (tertiary/aromatic N) is 3. The Kier molecular flexibility index (Phi) is 5.35. The number of carbonyl (C=O) groups is 1. The third kappa shape index (κ3) is 3.93. The smallest absolute Gasteiger partial charge is 0.410 e. The first kappa shape index (κ1) is 14.8. The second-order valence-electron chi connectivity index (χ2n) is 4.60. The van der Waals surface area contributed by atoms with Crippen LogP contribution in [-0.4, -0.2) is 40.7 Å². The molecule has 0 unspecified atom stereocenters. The zero-order valence-corrected chi connectivity index (χ0v) is 12.3. The number of aromatic nitrogens is 2. The first-order chi connectivity index (χ1) is 9.70. The van der Waals surface area contributed by atoms with Crippen LogP contribution < -0.4 is 0 Å². The van der Waals surface area contributed by atoms with Crippen molar-refractivity contribution in [2.75, 3.05) is 19.7 Å². The molecule has 1 aliphatic rings. The molecule has 2 heterocycles. The van der Waals surface area contributed by atoms with E-state index in [1.807, 2.05) is 12.1 Å². The standard InChI is InChI=1S/C14H18ClN3O2/c1-2-3-10-20-14(19)18-8-5-11(6-9-18)12-4-7-16-13(15)17-12/h4-5,7H,2-3,6,8-10H2,1H3. The van der Waals surface area contributed by atoms with Crippen LogP contribution in [0.2, 0.25) is 5.28 Å². The fourth-order valence-corrected chi connectivity index (χ4v) is 2.12. The number of rotatable bonds is 4. The van der Waals surface area contributed by atoms with E-state index in [-0.39, 0.29) is 11.4 Å². The Labute approximate surface area is 123 Å². The predicted molar refractivity (Wildman–Crippen MR) is 77.5 cm³/mol. The average molecular weight is 296 g/mol. The minimum atomic E-state index is -0.241. The normalized spacial score (nSPS) is 14.9. The van der Waals surface area contributed by atoms with Gasteiger partial charge in [-0.2, -0.15) is 0 Å². The Bertz CT molecular complexity index is 505. The lowest BCUT2D eigenvalue weighted by atomic mass is 10.1. The Morgan fingerprint density at radius 2 is 2.40 bits per heavy atom. The second-order valence-corrected chi connectivity index (χ2v) is 4.94. The van der Waals surface area contributed by atoms with Crippen molar-refractivity contribution in [1.82, 2.24) is 14.9 Å². The summed E-state index contributed by atoms with van der Waals surface area (Å²) in [5.41, 5.74) is 1.91. The largest absolute Gasteiger partial charge is 0.449 e. The van der Waals surface area contributed by atoms with Gasteiger partial charge in [0, 0.05) is 19.3 Å². The van der Waals surface area contributed by atoms with Gasteiger partial charge in [0.15, 0.2) is 0 Å². The zero-order chi connectivity index (χ0) is 14.4. The van der Waals surface area contributed by atoms with Crippen LogP contribution in [0.25, 0.3) is 5.57 Å². The highest BCUT2D eigenvalue weighted by molar-refractivity contribution is 6.28. The van der Waals surface area contributed by atoms with E-state index in [9.17, 15) is 4.79 Å². The van der Waals surface area contributed by atoms with Crippen molar-refractivity contribution in [2.24, 2.45) is 0 Å². The van der Waals surface area contributed by atoms with Crippen molar-refractivity contribution in [3.63, 3.8) is 0 Å². The monoisotopic (exact) mass is 295 g/mol. The first-order valence-corrected chi connectivity index (χ1v) is 7.18. The van der Waals surface area contributed by atoms with Crippen LogP contribution in [0.4, 0.5) is 4.79 Å². The summed E-state index contributed by atoms with van der Waals surface area (Å²) in [7, 11) is 0. The van der Waals surface area contributed by atoms with Crippen molar-refractivity contribution in [3.8, 4) is 0 Å². The number of ether oxygens (including phenoxy) is 1. The topological polar surface area (TPSA) is 55.3 Å². The van der Waals surface area contributed by atoms with E-state index >= 15 is 0 Å². The molecule has 1 aromatic rings. The molecular formula is C14H18ClN3O2. The van der Waals surface area contributed by atoms with Gasteiger partial charge in [0.2, 0.25) is 5.28 Å². The molecule has 2 rings (SSSR count). The summed E-state index contributed by atoms with van der Waals surface area (Å²) in [5, 5.41) is 0.241. The van der Waals surface area contributed by atoms with Crippen LogP contribution in [0, 0.1) is 0 Å². The molecule has 0 N–H and O–H groups in total. The quantitative estimate of drug-likeness (QED) is 0.632. The highest BCUT2D eigenvalue weighted by Crippen LogP contribution is 2.21. The lowest BCUT2D eigenvalue weighted by molar-refractivity contribution is 0.105. The third-order valence-corrected chi connectivity index (χ3v) is 3.33. The minimum Gasteiger partial charge on any atom is -0.449 e. The lowest BCUT2D eigenvalue weighted by Crippen LogP contribution is -2.35. The fourth-order valence-electron chi connectivity index (χ4n) is 1.98. The number of halogens is 1. The molecule has 0 spiro atoms. The van der Waals surface area contributed by atoms with Crippen LogP contribution in [0.15, 0.2) is 18.3 Å². The Morgan fingerprint density at radius 1 is 1.55 bits per heavy atom. The van der Waals surface area contributed by atoms with Crippen LogP contribution in [0.1, 0.15) is 31.9 Å². The molecule has 0 saturated heterocycles. The number of hydrogen-bond donors (Lipinski definition) is 0. The molecular weight excluding hydrogens is 278 g/mol. The number of carbonyl (C=O) groups excluding carboxylic acids is 1. The molecule has 1 amide bonds. The van der Waals surface area contributed by atoms with Crippen molar-refractivity contribution in [3.05, 3.63) is 29.3 Å². The van der Waals surface area contributed by atoms with Gasteiger partial charge in [-0.05, 0) is 36.1 Å². The summed E-state index contributed by atoms with van der Waals surface area (Å²) in [4.78, 5) is 21.5. The van der Waals surface area contributed by atoms with E-state index in [4.69, 9.17) is 16.3 Å². The van der Waals surface area contributed by atoms with Gasteiger partial charge in [-0.3, -0.25) is 0 Å². The molecule has 6 heteroatoms. The maximum absolute atomic E-state index is 11.8. The van der Waals surface area contributed by atoms with Crippen LogP contribution >= 0.6 is 11.6 Å². The Hall–Kier alpha value is -1.62. The van der Waals surface area contributed by atoms with Crippen molar-refractivity contribution in [1.29, 1.82) is 0 Å². The van der Waals surface area contributed by atoms with E-state index in [1.165, 1.54) is 0 Å². The van der Waals surface area contributed by atoms with Gasteiger partial charge < -0.3 is 9.64 Å². The molecule has 20 heavy (non-hydrogen) atoms. The SMILES string of the molecule is CCCCOC(=O)N1CC=C(c2ccnc(Cl)n2)CC1. The maximum Gasteiger partial charge on any atom is 0.410 e. The maximum atomic E-state index is 11.8. The van der Waals surface area contributed by atoms with Crippen molar-refractivity contribution < 1.29 is 9.53 Å². The molecule has 0 saturated carbocycles. The highest BCUT2D eigenvalue weighted by Gasteiger charge is 2.19. The van der Waals surface area contributed by atoms with E-state index in [0.29, 0.717) is 19.7 Å².